The van der Waals surface area contributed by atoms with Crippen molar-refractivity contribution in [3.05, 3.63) is 12.4 Å². The lowest BCUT2D eigenvalue weighted by Gasteiger charge is -2.19. The molecule has 2 aliphatic rings. The van der Waals surface area contributed by atoms with Crippen molar-refractivity contribution in [2.45, 2.75) is 36.3 Å². The smallest absolute Gasteiger partial charge is 0.243 e. The van der Waals surface area contributed by atoms with E-state index in [9.17, 15) is 8.42 Å². The van der Waals surface area contributed by atoms with Crippen LogP contribution in [0, 0.1) is 5.92 Å². The van der Waals surface area contributed by atoms with Gasteiger partial charge in [0, 0.05) is 6.61 Å². The fourth-order valence-corrected chi connectivity index (χ4v) is 3.59. The van der Waals surface area contributed by atoms with Crippen molar-refractivity contribution in [2.75, 3.05) is 12.0 Å². The van der Waals surface area contributed by atoms with E-state index in [0.29, 0.717) is 18.9 Å². The monoisotopic (exact) mass is 299 g/mol. The summed E-state index contributed by atoms with van der Waals surface area (Å²) in [5, 5.41) is 0. The van der Waals surface area contributed by atoms with E-state index in [0.717, 1.165) is 12.8 Å². The fraction of sp³-hybridized carbons (Fsp3) is 0.636. The van der Waals surface area contributed by atoms with Crippen molar-refractivity contribution in [1.29, 1.82) is 0 Å². The Bertz CT molecular complexity index is 572. The summed E-state index contributed by atoms with van der Waals surface area (Å²) < 4.78 is 32.9. The Balaban J connectivity index is 1.73. The number of anilines is 1. The second kappa shape index (κ2) is 5.24. The fourth-order valence-electron chi connectivity index (χ4n) is 2.42. The second-order valence-electron chi connectivity index (χ2n) is 5.08. The third-order valence-electron chi connectivity index (χ3n) is 3.60. The minimum absolute atomic E-state index is 0.00400. The molecule has 1 saturated heterocycles. The normalized spacial score (nSPS) is 26.6. The average Bonchev–Trinajstić information content (AvgIpc) is 3.19. The van der Waals surface area contributed by atoms with Crippen LogP contribution in [-0.2, 0) is 14.8 Å². The molecule has 2 heterocycles. The Morgan fingerprint density at radius 1 is 1.25 bits per heavy atom. The number of sulfonamides is 1. The lowest BCUT2D eigenvalue weighted by atomic mass is 10.1. The molecule has 110 valence electrons. The number of hydrogen-bond donors (Lipinski definition) is 3. The minimum Gasteiger partial charge on any atom is -0.376 e. The molecule has 0 aromatic carbocycles. The summed E-state index contributed by atoms with van der Waals surface area (Å²) in [7, 11) is -3.63. The summed E-state index contributed by atoms with van der Waals surface area (Å²) in [5.74, 6) is 5.80. The SMILES string of the molecule is NNc1ncc(S(=O)(=O)NC2CCOC2C2CC2)cn1. The van der Waals surface area contributed by atoms with Crippen molar-refractivity contribution < 1.29 is 13.2 Å². The molecule has 1 aliphatic carbocycles. The molecule has 3 rings (SSSR count). The van der Waals surface area contributed by atoms with Gasteiger partial charge in [-0.05, 0) is 25.2 Å². The average molecular weight is 299 g/mol. The summed E-state index contributed by atoms with van der Waals surface area (Å²) >= 11 is 0. The van der Waals surface area contributed by atoms with Gasteiger partial charge in [-0.2, -0.15) is 0 Å². The van der Waals surface area contributed by atoms with Gasteiger partial charge >= 0.3 is 0 Å². The van der Waals surface area contributed by atoms with Gasteiger partial charge in [-0.3, -0.25) is 5.43 Å². The summed E-state index contributed by atoms with van der Waals surface area (Å²) in [4.78, 5) is 7.64. The van der Waals surface area contributed by atoms with Crippen molar-refractivity contribution >= 4 is 16.0 Å². The molecule has 2 atom stereocenters. The molecule has 1 aromatic rings. The first kappa shape index (κ1) is 13.7. The maximum Gasteiger partial charge on any atom is 0.243 e. The molecule has 9 heteroatoms. The van der Waals surface area contributed by atoms with E-state index in [1.807, 2.05) is 0 Å². The number of ether oxygens (including phenoxy) is 1. The topological polar surface area (TPSA) is 119 Å². The van der Waals surface area contributed by atoms with Crippen LogP contribution >= 0.6 is 0 Å². The summed E-state index contributed by atoms with van der Waals surface area (Å²) in [6.07, 6.45) is 5.38. The van der Waals surface area contributed by atoms with Gasteiger partial charge in [0.1, 0.15) is 4.90 Å². The van der Waals surface area contributed by atoms with Gasteiger partial charge in [0.2, 0.25) is 16.0 Å². The molecule has 0 radical (unpaired) electrons. The first-order chi connectivity index (χ1) is 9.60. The first-order valence-electron chi connectivity index (χ1n) is 6.53. The van der Waals surface area contributed by atoms with Crippen molar-refractivity contribution in [2.24, 2.45) is 11.8 Å². The highest BCUT2D eigenvalue weighted by molar-refractivity contribution is 7.89. The number of nitrogens with two attached hydrogens (primary N) is 1. The summed E-state index contributed by atoms with van der Waals surface area (Å²) in [6, 6.07) is -0.167. The van der Waals surface area contributed by atoms with Crippen LogP contribution in [-0.4, -0.2) is 37.1 Å². The van der Waals surface area contributed by atoms with Crippen LogP contribution in [0.25, 0.3) is 0 Å². The number of rotatable bonds is 5. The maximum absolute atomic E-state index is 12.3. The Hall–Kier alpha value is -1.29. The van der Waals surface area contributed by atoms with Gasteiger partial charge in [0.05, 0.1) is 24.5 Å². The number of nitrogens with zero attached hydrogens (tertiary/aromatic N) is 2. The van der Waals surface area contributed by atoms with E-state index in [1.54, 1.807) is 0 Å². The predicted octanol–water partition coefficient (Wildman–Crippen LogP) is -0.392. The van der Waals surface area contributed by atoms with Crippen LogP contribution in [0.4, 0.5) is 5.95 Å². The Morgan fingerprint density at radius 2 is 1.95 bits per heavy atom. The third-order valence-corrected chi connectivity index (χ3v) is 5.04. The Labute approximate surface area is 117 Å². The largest absolute Gasteiger partial charge is 0.376 e. The van der Waals surface area contributed by atoms with Crippen LogP contribution in [0.3, 0.4) is 0 Å². The van der Waals surface area contributed by atoms with Crippen LogP contribution in [0.1, 0.15) is 19.3 Å². The molecule has 0 bridgehead atoms. The molecular formula is C11H17N5O3S. The molecule has 4 N–H and O–H groups in total. The zero-order chi connectivity index (χ0) is 14.2. The number of aromatic nitrogens is 2. The van der Waals surface area contributed by atoms with Crippen LogP contribution in [0.2, 0.25) is 0 Å². The van der Waals surface area contributed by atoms with E-state index < -0.39 is 10.0 Å². The summed E-state index contributed by atoms with van der Waals surface area (Å²) in [5.41, 5.74) is 2.25. The molecule has 0 amide bonds. The molecule has 1 aromatic heterocycles. The quantitative estimate of drug-likeness (QED) is 0.500. The Morgan fingerprint density at radius 3 is 2.55 bits per heavy atom. The molecular weight excluding hydrogens is 282 g/mol. The summed E-state index contributed by atoms with van der Waals surface area (Å²) in [6.45, 7) is 0.598. The van der Waals surface area contributed by atoms with Crippen molar-refractivity contribution in [3.8, 4) is 0 Å². The highest BCUT2D eigenvalue weighted by Gasteiger charge is 2.42. The van der Waals surface area contributed by atoms with E-state index in [2.05, 4.69) is 20.1 Å². The number of nitrogen functional groups attached to an aromatic ring is 1. The van der Waals surface area contributed by atoms with Gasteiger partial charge < -0.3 is 4.74 Å². The number of hydrazine groups is 1. The maximum atomic E-state index is 12.3. The Kier molecular flexibility index (Phi) is 3.59. The molecule has 8 nitrogen and oxygen atoms in total. The third kappa shape index (κ3) is 2.75. The van der Waals surface area contributed by atoms with Crippen molar-refractivity contribution in [3.63, 3.8) is 0 Å². The van der Waals surface area contributed by atoms with Gasteiger partial charge in [-0.1, -0.05) is 0 Å². The highest BCUT2D eigenvalue weighted by atomic mass is 32.2. The second-order valence-corrected chi connectivity index (χ2v) is 6.79. The molecule has 1 saturated carbocycles. The molecule has 2 unspecified atom stereocenters. The van der Waals surface area contributed by atoms with E-state index in [1.165, 1.54) is 12.4 Å². The van der Waals surface area contributed by atoms with Gasteiger partial charge in [0.25, 0.3) is 0 Å². The lowest BCUT2D eigenvalue weighted by molar-refractivity contribution is 0.0848. The standard InChI is InChI=1S/C11H17N5O3S/c12-15-11-13-5-8(6-14-11)20(17,18)16-9-3-4-19-10(9)7-1-2-7/h5-7,9-10,16H,1-4,12H2,(H,13,14,15). The molecule has 1 aliphatic heterocycles. The van der Waals surface area contributed by atoms with Gasteiger partial charge in [-0.25, -0.2) is 29.0 Å². The van der Waals surface area contributed by atoms with Gasteiger partial charge in [0.15, 0.2) is 0 Å². The van der Waals surface area contributed by atoms with Crippen LogP contribution in [0.15, 0.2) is 17.3 Å². The first-order valence-corrected chi connectivity index (χ1v) is 8.01. The predicted molar refractivity (Wildman–Crippen MR) is 71.0 cm³/mol. The van der Waals surface area contributed by atoms with E-state index in [4.69, 9.17) is 10.6 Å². The van der Waals surface area contributed by atoms with E-state index in [-0.39, 0.29) is 23.0 Å². The number of hydrogen-bond acceptors (Lipinski definition) is 7. The lowest BCUT2D eigenvalue weighted by Crippen LogP contribution is -2.41. The van der Waals surface area contributed by atoms with Crippen LogP contribution in [0.5, 0.6) is 0 Å². The molecule has 0 spiro atoms. The minimum atomic E-state index is -3.63. The van der Waals surface area contributed by atoms with Crippen molar-refractivity contribution in [1.82, 2.24) is 14.7 Å². The number of nitrogens with one attached hydrogen (secondary N) is 2. The zero-order valence-electron chi connectivity index (χ0n) is 10.8. The van der Waals surface area contributed by atoms with E-state index >= 15 is 0 Å². The van der Waals surface area contributed by atoms with Crippen LogP contribution < -0.4 is 16.0 Å². The zero-order valence-corrected chi connectivity index (χ0v) is 11.6. The van der Waals surface area contributed by atoms with Gasteiger partial charge in [-0.15, -0.1) is 0 Å². The molecule has 2 fully saturated rings. The highest BCUT2D eigenvalue weighted by Crippen LogP contribution is 2.39. The molecule has 20 heavy (non-hydrogen) atoms.